The number of aryl methyl sites for hydroxylation is 1. The van der Waals surface area contributed by atoms with Gasteiger partial charge in [-0.25, -0.2) is 17.9 Å². The van der Waals surface area contributed by atoms with Crippen LogP contribution in [-0.2, 0) is 26.7 Å². The number of sulfonamides is 1. The van der Waals surface area contributed by atoms with E-state index in [2.05, 4.69) is 4.72 Å². The Bertz CT molecular complexity index is 1490. The number of rotatable bonds is 9. The third-order valence-corrected chi connectivity index (χ3v) is 7.64. The molecule has 0 aliphatic carbocycles. The van der Waals surface area contributed by atoms with Crippen molar-refractivity contribution in [3.05, 3.63) is 82.9 Å². The summed E-state index contributed by atoms with van der Waals surface area (Å²) in [5, 5.41) is 9.41. The van der Waals surface area contributed by atoms with Crippen molar-refractivity contribution in [3.63, 3.8) is 0 Å². The van der Waals surface area contributed by atoms with E-state index < -0.39 is 28.0 Å². The minimum absolute atomic E-state index is 0.0206. The van der Waals surface area contributed by atoms with Gasteiger partial charge in [-0.05, 0) is 65.4 Å². The SMILES string of the molecule is CCCc1cc(C(=O)O)ccc1OC(C(=O)NS(=O)(=O)c1ccc(C(C)(C)C)cc1)c1ccc2c(c1)OCO2. The van der Waals surface area contributed by atoms with Crippen molar-refractivity contribution in [3.8, 4) is 17.2 Å². The van der Waals surface area contributed by atoms with Gasteiger partial charge in [0.05, 0.1) is 10.5 Å². The van der Waals surface area contributed by atoms with Crippen LogP contribution in [-0.4, -0.2) is 32.2 Å². The van der Waals surface area contributed by atoms with E-state index in [1.54, 1.807) is 30.3 Å². The number of aromatic carboxylic acids is 1. The standard InChI is InChI=1S/C29H31NO8S/c1-5-6-18-15-20(28(32)33)8-13-23(18)38-26(19-7-14-24-25(16-19)37-17-36-24)27(31)30-39(34,35)22-11-9-21(10-12-22)29(2,3)4/h7-16,26H,5-6,17H2,1-4H3,(H,30,31)(H,32,33). The second-order valence-electron chi connectivity index (χ2n) is 10.2. The fourth-order valence-electron chi connectivity index (χ4n) is 4.15. The van der Waals surface area contributed by atoms with Gasteiger partial charge in [-0.15, -0.1) is 0 Å². The van der Waals surface area contributed by atoms with Crippen LogP contribution in [0.5, 0.6) is 17.2 Å². The highest BCUT2D eigenvalue weighted by Crippen LogP contribution is 2.36. The Morgan fingerprint density at radius 2 is 1.69 bits per heavy atom. The summed E-state index contributed by atoms with van der Waals surface area (Å²) < 4.78 is 45.4. The number of carboxylic acid groups (broad SMARTS) is 1. The maximum absolute atomic E-state index is 13.5. The Balaban J connectivity index is 1.69. The van der Waals surface area contributed by atoms with Crippen LogP contribution in [0.25, 0.3) is 0 Å². The zero-order chi connectivity index (χ0) is 28.4. The first-order valence-electron chi connectivity index (χ1n) is 12.5. The number of carbonyl (C=O) groups excluding carboxylic acids is 1. The number of benzene rings is 3. The van der Waals surface area contributed by atoms with Gasteiger partial charge in [-0.1, -0.05) is 52.3 Å². The topological polar surface area (TPSA) is 128 Å². The molecule has 1 amide bonds. The molecule has 0 bridgehead atoms. The molecule has 0 spiro atoms. The number of carbonyl (C=O) groups is 2. The van der Waals surface area contributed by atoms with E-state index in [0.29, 0.717) is 35.5 Å². The highest BCUT2D eigenvalue weighted by Gasteiger charge is 2.30. The Morgan fingerprint density at radius 1 is 1.00 bits per heavy atom. The first kappa shape index (κ1) is 28.0. The van der Waals surface area contributed by atoms with Crippen LogP contribution >= 0.6 is 0 Å². The summed E-state index contributed by atoms with van der Waals surface area (Å²) in [6.45, 7) is 7.99. The van der Waals surface area contributed by atoms with Crippen LogP contribution in [0.1, 0.15) is 67.3 Å². The number of fused-ring (bicyclic) bond motifs is 1. The molecule has 9 nitrogen and oxygen atoms in total. The number of nitrogens with one attached hydrogen (secondary N) is 1. The lowest BCUT2D eigenvalue weighted by Crippen LogP contribution is -2.37. The second kappa shape index (κ2) is 11.0. The van der Waals surface area contributed by atoms with E-state index in [1.807, 2.05) is 27.7 Å². The lowest BCUT2D eigenvalue weighted by atomic mass is 9.87. The molecule has 1 unspecified atom stereocenters. The summed E-state index contributed by atoms with van der Waals surface area (Å²) >= 11 is 0. The van der Waals surface area contributed by atoms with Crippen molar-refractivity contribution in [2.75, 3.05) is 6.79 Å². The van der Waals surface area contributed by atoms with Gasteiger partial charge in [0.15, 0.2) is 11.5 Å². The summed E-state index contributed by atoms with van der Waals surface area (Å²) in [6.07, 6.45) is -0.210. The summed E-state index contributed by atoms with van der Waals surface area (Å²) in [4.78, 5) is 25.0. The molecule has 1 atom stereocenters. The average Bonchev–Trinajstić information content (AvgIpc) is 3.35. The fraction of sp³-hybridized carbons (Fsp3) is 0.310. The molecule has 1 aliphatic rings. The molecule has 3 aromatic rings. The van der Waals surface area contributed by atoms with Gasteiger partial charge >= 0.3 is 5.97 Å². The van der Waals surface area contributed by atoms with Gasteiger partial charge in [-0.2, -0.15) is 0 Å². The number of hydrogen-bond acceptors (Lipinski definition) is 7. The van der Waals surface area contributed by atoms with E-state index in [0.717, 1.165) is 5.56 Å². The van der Waals surface area contributed by atoms with Gasteiger partial charge in [0.25, 0.3) is 15.9 Å². The predicted molar refractivity (Wildman–Crippen MR) is 144 cm³/mol. The second-order valence-corrected chi connectivity index (χ2v) is 11.9. The molecular weight excluding hydrogens is 522 g/mol. The zero-order valence-corrected chi connectivity index (χ0v) is 23.0. The minimum Gasteiger partial charge on any atom is -0.478 e. The van der Waals surface area contributed by atoms with Crippen molar-refractivity contribution < 1.29 is 37.3 Å². The van der Waals surface area contributed by atoms with E-state index >= 15 is 0 Å². The zero-order valence-electron chi connectivity index (χ0n) is 22.2. The highest BCUT2D eigenvalue weighted by atomic mass is 32.2. The third-order valence-electron chi connectivity index (χ3n) is 6.27. The van der Waals surface area contributed by atoms with Crippen LogP contribution in [0.15, 0.2) is 65.6 Å². The monoisotopic (exact) mass is 553 g/mol. The van der Waals surface area contributed by atoms with Gasteiger partial charge < -0.3 is 19.3 Å². The van der Waals surface area contributed by atoms with Crippen molar-refractivity contribution in [1.82, 2.24) is 4.72 Å². The number of carboxylic acids is 1. The van der Waals surface area contributed by atoms with Crippen molar-refractivity contribution in [1.29, 1.82) is 0 Å². The maximum atomic E-state index is 13.5. The van der Waals surface area contributed by atoms with Crippen LogP contribution in [0.2, 0.25) is 0 Å². The third kappa shape index (κ3) is 6.34. The lowest BCUT2D eigenvalue weighted by molar-refractivity contribution is -0.126. The number of ether oxygens (including phenoxy) is 3. The molecule has 10 heteroatoms. The molecular formula is C29H31NO8S. The lowest BCUT2D eigenvalue weighted by Gasteiger charge is -2.22. The van der Waals surface area contributed by atoms with Crippen molar-refractivity contribution >= 4 is 21.9 Å². The molecule has 206 valence electrons. The summed E-state index contributed by atoms with van der Waals surface area (Å²) in [6, 6.07) is 15.4. The van der Waals surface area contributed by atoms with Gasteiger partial charge in [0.2, 0.25) is 12.9 Å². The molecule has 0 fully saturated rings. The van der Waals surface area contributed by atoms with Gasteiger partial charge in [0, 0.05) is 5.56 Å². The molecule has 2 N–H and O–H groups in total. The van der Waals surface area contributed by atoms with Gasteiger partial charge in [0.1, 0.15) is 5.75 Å². The van der Waals surface area contributed by atoms with Crippen molar-refractivity contribution in [2.45, 2.75) is 57.0 Å². The Labute approximate surface area is 227 Å². The normalized spacial score (nSPS) is 13.5. The molecule has 0 radical (unpaired) electrons. The van der Waals surface area contributed by atoms with E-state index in [4.69, 9.17) is 14.2 Å². The maximum Gasteiger partial charge on any atom is 0.335 e. The van der Waals surface area contributed by atoms with E-state index in [1.165, 1.54) is 30.3 Å². The first-order valence-corrected chi connectivity index (χ1v) is 14.0. The predicted octanol–water partition coefficient (Wildman–Crippen LogP) is 4.99. The van der Waals surface area contributed by atoms with E-state index in [9.17, 15) is 23.1 Å². The summed E-state index contributed by atoms with van der Waals surface area (Å²) in [5.41, 5.74) is 1.77. The molecule has 0 aromatic heterocycles. The molecule has 0 saturated heterocycles. The minimum atomic E-state index is -4.23. The summed E-state index contributed by atoms with van der Waals surface area (Å²) in [5.74, 6) is -0.857. The highest BCUT2D eigenvalue weighted by molar-refractivity contribution is 7.90. The Morgan fingerprint density at radius 3 is 2.33 bits per heavy atom. The molecule has 39 heavy (non-hydrogen) atoms. The van der Waals surface area contributed by atoms with Crippen LogP contribution < -0.4 is 18.9 Å². The summed E-state index contributed by atoms with van der Waals surface area (Å²) in [7, 11) is -4.23. The smallest absolute Gasteiger partial charge is 0.335 e. The Hall–Kier alpha value is -4.05. The molecule has 1 heterocycles. The number of amides is 1. The molecule has 4 rings (SSSR count). The van der Waals surface area contributed by atoms with E-state index in [-0.39, 0.29) is 28.4 Å². The largest absolute Gasteiger partial charge is 0.478 e. The van der Waals surface area contributed by atoms with Crippen LogP contribution in [0.4, 0.5) is 0 Å². The van der Waals surface area contributed by atoms with Crippen molar-refractivity contribution in [2.24, 2.45) is 0 Å². The van der Waals surface area contributed by atoms with Crippen LogP contribution in [0.3, 0.4) is 0 Å². The van der Waals surface area contributed by atoms with Gasteiger partial charge in [-0.3, -0.25) is 4.79 Å². The van der Waals surface area contributed by atoms with Crippen LogP contribution in [0, 0.1) is 0 Å². The quantitative estimate of drug-likeness (QED) is 0.379. The molecule has 0 saturated carbocycles. The Kier molecular flexibility index (Phi) is 7.87. The molecule has 3 aromatic carbocycles. The first-order chi connectivity index (χ1) is 18.4. The fourth-order valence-corrected chi connectivity index (χ4v) is 5.13. The number of hydrogen-bond donors (Lipinski definition) is 2. The average molecular weight is 554 g/mol. The molecule has 1 aliphatic heterocycles.